The van der Waals surface area contributed by atoms with Crippen LogP contribution in [0.25, 0.3) is 0 Å². The summed E-state index contributed by atoms with van der Waals surface area (Å²) in [4.78, 5) is 0. The number of hydrogen-bond acceptors (Lipinski definition) is 4. The molecular formula is C18H42N4. The van der Waals surface area contributed by atoms with Gasteiger partial charge in [0.15, 0.2) is 0 Å². The predicted molar refractivity (Wildman–Crippen MR) is 99.5 cm³/mol. The average Bonchev–Trinajstić information content (AvgIpc) is 2.53. The first kappa shape index (κ1) is 21.8. The van der Waals surface area contributed by atoms with Crippen molar-refractivity contribution in [2.75, 3.05) is 39.3 Å². The van der Waals surface area contributed by atoms with Gasteiger partial charge in [0, 0.05) is 0 Å². The molecule has 0 spiro atoms. The molecule has 0 aromatic carbocycles. The molecule has 0 aromatic rings. The van der Waals surface area contributed by atoms with Crippen molar-refractivity contribution in [3.63, 3.8) is 0 Å². The predicted octanol–water partition coefficient (Wildman–Crippen LogP) is 2.85. The molecular weight excluding hydrogens is 272 g/mol. The van der Waals surface area contributed by atoms with Crippen LogP contribution in [0.1, 0.15) is 72.1 Å². The Morgan fingerprint density at radius 3 is 1.45 bits per heavy atom. The zero-order chi connectivity index (χ0) is 16.3. The van der Waals surface area contributed by atoms with Gasteiger partial charge in [-0.3, -0.25) is 0 Å². The number of hydrogen-bond donors (Lipinski definition) is 4. The fraction of sp³-hybridized carbons (Fsp3) is 1.00. The van der Waals surface area contributed by atoms with Crippen molar-refractivity contribution in [3.05, 3.63) is 0 Å². The summed E-state index contributed by atoms with van der Waals surface area (Å²) in [7, 11) is 0. The second-order valence-corrected chi connectivity index (χ2v) is 6.08. The Morgan fingerprint density at radius 2 is 1.05 bits per heavy atom. The van der Waals surface area contributed by atoms with Crippen molar-refractivity contribution >= 4 is 0 Å². The first-order chi connectivity index (χ1) is 10.8. The Hall–Kier alpha value is -0.160. The molecule has 0 aliphatic rings. The average molecular weight is 315 g/mol. The van der Waals surface area contributed by atoms with Crippen LogP contribution in [0.5, 0.6) is 0 Å². The van der Waals surface area contributed by atoms with Gasteiger partial charge in [0.2, 0.25) is 0 Å². The minimum absolute atomic E-state index is 0.507. The lowest BCUT2D eigenvalue weighted by Crippen LogP contribution is -2.43. The highest BCUT2D eigenvalue weighted by Crippen LogP contribution is 1.98. The van der Waals surface area contributed by atoms with Crippen LogP contribution in [0.2, 0.25) is 0 Å². The van der Waals surface area contributed by atoms with Gasteiger partial charge < -0.3 is 21.3 Å². The molecule has 4 heteroatoms. The first-order valence-electron chi connectivity index (χ1n) is 9.73. The molecule has 0 rings (SSSR count). The molecule has 0 radical (unpaired) electrons. The van der Waals surface area contributed by atoms with Crippen LogP contribution in [0.4, 0.5) is 0 Å². The van der Waals surface area contributed by atoms with E-state index in [0.717, 1.165) is 26.2 Å². The lowest BCUT2D eigenvalue weighted by molar-refractivity contribution is 0.386. The van der Waals surface area contributed by atoms with E-state index < -0.39 is 0 Å². The molecule has 0 aromatic heterocycles. The monoisotopic (exact) mass is 314 g/mol. The van der Waals surface area contributed by atoms with E-state index in [4.69, 9.17) is 0 Å². The minimum atomic E-state index is 0.507. The van der Waals surface area contributed by atoms with E-state index in [2.05, 4.69) is 42.0 Å². The molecule has 0 saturated heterocycles. The van der Waals surface area contributed by atoms with Gasteiger partial charge in [-0.05, 0) is 71.4 Å². The van der Waals surface area contributed by atoms with Gasteiger partial charge in [-0.25, -0.2) is 0 Å². The van der Waals surface area contributed by atoms with Gasteiger partial charge in [-0.1, -0.05) is 40.0 Å². The number of rotatable bonds is 18. The van der Waals surface area contributed by atoms with Gasteiger partial charge in [0.1, 0.15) is 0 Å². The molecule has 0 aliphatic heterocycles. The van der Waals surface area contributed by atoms with Crippen LogP contribution in [0.3, 0.4) is 0 Å². The summed E-state index contributed by atoms with van der Waals surface area (Å²) >= 11 is 0. The summed E-state index contributed by atoms with van der Waals surface area (Å²) in [5, 5.41) is 14.1. The summed E-state index contributed by atoms with van der Waals surface area (Å²) in [6.07, 6.45) is 10.8. The van der Waals surface area contributed by atoms with Gasteiger partial charge in [-0.15, -0.1) is 0 Å². The van der Waals surface area contributed by atoms with Gasteiger partial charge in [0.25, 0.3) is 0 Å². The summed E-state index contributed by atoms with van der Waals surface area (Å²) in [5.74, 6) is 0. The minimum Gasteiger partial charge on any atom is -0.317 e. The molecule has 0 atom stereocenters. The fourth-order valence-electron chi connectivity index (χ4n) is 2.57. The van der Waals surface area contributed by atoms with Crippen molar-refractivity contribution in [2.45, 2.75) is 78.3 Å². The molecule has 22 heavy (non-hydrogen) atoms. The molecule has 0 bridgehead atoms. The van der Waals surface area contributed by atoms with Crippen LogP contribution in [0.15, 0.2) is 0 Å². The zero-order valence-corrected chi connectivity index (χ0v) is 15.5. The molecule has 4 nitrogen and oxygen atoms in total. The van der Waals surface area contributed by atoms with E-state index in [1.54, 1.807) is 0 Å². The molecule has 0 saturated carbocycles. The molecule has 134 valence electrons. The van der Waals surface area contributed by atoms with Crippen molar-refractivity contribution in [2.24, 2.45) is 0 Å². The Kier molecular flexibility index (Phi) is 18.8. The molecule has 0 aliphatic carbocycles. The van der Waals surface area contributed by atoms with Gasteiger partial charge >= 0.3 is 0 Å². The summed E-state index contributed by atoms with van der Waals surface area (Å²) < 4.78 is 0. The van der Waals surface area contributed by atoms with Crippen LogP contribution in [-0.2, 0) is 0 Å². The number of unbranched alkanes of at least 4 members (excludes halogenated alkanes) is 4. The third kappa shape index (κ3) is 16.2. The molecule has 0 unspecified atom stereocenters. The third-order valence-electron chi connectivity index (χ3n) is 3.92. The largest absolute Gasteiger partial charge is 0.317 e. The van der Waals surface area contributed by atoms with Gasteiger partial charge in [0.05, 0.1) is 6.17 Å². The second kappa shape index (κ2) is 18.9. The molecule has 0 fully saturated rings. The van der Waals surface area contributed by atoms with E-state index in [1.807, 2.05) is 0 Å². The maximum Gasteiger partial charge on any atom is 0.0571 e. The highest BCUT2D eigenvalue weighted by atomic mass is 15.1. The summed E-state index contributed by atoms with van der Waals surface area (Å²) in [6.45, 7) is 13.4. The maximum absolute atomic E-state index is 3.68. The Morgan fingerprint density at radius 1 is 0.591 bits per heavy atom. The van der Waals surface area contributed by atoms with Crippen LogP contribution >= 0.6 is 0 Å². The Balaban J connectivity index is 3.44. The normalized spacial score (nSPS) is 11.5. The van der Waals surface area contributed by atoms with Crippen molar-refractivity contribution in [3.8, 4) is 0 Å². The maximum atomic E-state index is 3.68. The second-order valence-electron chi connectivity index (χ2n) is 6.08. The molecule has 4 N–H and O–H groups in total. The van der Waals surface area contributed by atoms with Crippen molar-refractivity contribution in [1.82, 2.24) is 21.3 Å². The van der Waals surface area contributed by atoms with E-state index in [-0.39, 0.29) is 0 Å². The van der Waals surface area contributed by atoms with E-state index >= 15 is 0 Å². The van der Waals surface area contributed by atoms with Crippen molar-refractivity contribution < 1.29 is 0 Å². The summed E-state index contributed by atoms with van der Waals surface area (Å²) in [5.41, 5.74) is 0. The summed E-state index contributed by atoms with van der Waals surface area (Å²) in [6, 6.07) is 0. The third-order valence-corrected chi connectivity index (χ3v) is 3.92. The zero-order valence-electron chi connectivity index (χ0n) is 15.5. The Labute approximate surface area is 139 Å². The van der Waals surface area contributed by atoms with Crippen LogP contribution in [0, 0.1) is 0 Å². The smallest absolute Gasteiger partial charge is 0.0571 e. The fourth-order valence-corrected chi connectivity index (χ4v) is 2.57. The van der Waals surface area contributed by atoms with E-state index in [0.29, 0.717) is 6.17 Å². The Bertz CT molecular complexity index is 182. The standard InChI is InChI=1S/C18H42N4/c1-4-13-18(21-16-11-7-9-14-19-5-2)22-17-12-8-10-15-20-6-3/h18-22H,4-17H2,1-3H3. The van der Waals surface area contributed by atoms with Crippen LogP contribution in [-0.4, -0.2) is 45.4 Å². The molecule has 0 heterocycles. The van der Waals surface area contributed by atoms with Crippen LogP contribution < -0.4 is 21.3 Å². The van der Waals surface area contributed by atoms with Gasteiger partial charge in [-0.2, -0.15) is 0 Å². The van der Waals surface area contributed by atoms with E-state index in [9.17, 15) is 0 Å². The first-order valence-corrected chi connectivity index (χ1v) is 9.73. The quantitative estimate of drug-likeness (QED) is 0.232. The van der Waals surface area contributed by atoms with Crippen molar-refractivity contribution in [1.29, 1.82) is 0 Å². The highest BCUT2D eigenvalue weighted by Gasteiger charge is 2.04. The SMILES string of the molecule is CCCC(NCCCCCNCC)NCCCCCNCC. The highest BCUT2D eigenvalue weighted by molar-refractivity contribution is 4.64. The lowest BCUT2D eigenvalue weighted by Gasteiger charge is -2.20. The molecule has 0 amide bonds. The number of nitrogens with one attached hydrogen (secondary N) is 4. The lowest BCUT2D eigenvalue weighted by atomic mass is 10.2. The topological polar surface area (TPSA) is 48.1 Å². The van der Waals surface area contributed by atoms with E-state index in [1.165, 1.54) is 64.5 Å².